The van der Waals surface area contributed by atoms with Gasteiger partial charge in [-0.3, -0.25) is 9.69 Å². The second-order valence-corrected chi connectivity index (χ2v) is 8.95. The zero-order valence-electron chi connectivity index (χ0n) is 16.3. The number of fused-ring (bicyclic) bond motifs is 1. The SMILES string of the molecule is CC1CC(C)CN(C(=O)CN2CCN(c3nc4sccn4c3[N+](=O)[O-])CC2)C1. The predicted octanol–water partition coefficient (Wildman–Crippen LogP) is 1.93. The van der Waals surface area contributed by atoms with E-state index < -0.39 is 0 Å². The Labute approximate surface area is 167 Å². The second-order valence-electron chi connectivity index (χ2n) is 8.08. The third kappa shape index (κ3) is 3.70. The Bertz CT molecular complexity index is 862. The van der Waals surface area contributed by atoms with Crippen molar-refractivity contribution >= 4 is 33.8 Å². The van der Waals surface area contributed by atoms with E-state index in [0.29, 0.717) is 55.3 Å². The molecule has 4 heterocycles. The Morgan fingerprint density at radius 2 is 1.93 bits per heavy atom. The van der Waals surface area contributed by atoms with Crippen LogP contribution in [-0.4, -0.2) is 75.8 Å². The molecule has 2 aromatic rings. The summed E-state index contributed by atoms with van der Waals surface area (Å²) >= 11 is 1.39. The zero-order valence-corrected chi connectivity index (χ0v) is 17.1. The first-order valence-corrected chi connectivity index (χ1v) is 10.7. The Morgan fingerprint density at radius 3 is 2.57 bits per heavy atom. The summed E-state index contributed by atoms with van der Waals surface area (Å²) in [6.07, 6.45) is 2.87. The minimum atomic E-state index is -0.364. The first-order valence-electron chi connectivity index (χ1n) is 9.77. The first-order chi connectivity index (χ1) is 13.4. The van der Waals surface area contributed by atoms with Crippen LogP contribution in [0.3, 0.4) is 0 Å². The molecule has 2 saturated heterocycles. The fraction of sp³-hybridized carbons (Fsp3) is 0.667. The highest BCUT2D eigenvalue weighted by atomic mass is 32.1. The van der Waals surface area contributed by atoms with Gasteiger partial charge < -0.3 is 19.9 Å². The van der Waals surface area contributed by atoms with Crippen LogP contribution in [0.5, 0.6) is 0 Å². The van der Waals surface area contributed by atoms with Gasteiger partial charge in [0, 0.05) is 44.6 Å². The summed E-state index contributed by atoms with van der Waals surface area (Å²) in [5, 5.41) is 13.3. The lowest BCUT2D eigenvalue weighted by atomic mass is 9.92. The number of nitro groups is 1. The Hall–Kier alpha value is -2.20. The normalized spacial score (nSPS) is 24.1. The van der Waals surface area contributed by atoms with E-state index in [-0.39, 0.29) is 16.6 Å². The molecule has 2 atom stereocenters. The van der Waals surface area contributed by atoms with Gasteiger partial charge in [0.25, 0.3) is 4.96 Å². The topological polar surface area (TPSA) is 87.2 Å². The van der Waals surface area contributed by atoms with E-state index in [1.807, 2.05) is 9.80 Å². The summed E-state index contributed by atoms with van der Waals surface area (Å²) in [7, 11) is 0. The third-order valence-electron chi connectivity index (χ3n) is 5.64. The van der Waals surface area contributed by atoms with E-state index in [0.717, 1.165) is 13.1 Å². The standard InChI is InChI=1S/C18H26N6O3S/c1-13-9-14(2)11-22(10-13)15(25)12-20-3-5-21(6-4-20)16-17(24(26)27)23-7-8-28-18(23)19-16/h7-8,13-14H,3-6,9-12H2,1-2H3. The van der Waals surface area contributed by atoms with Gasteiger partial charge in [-0.1, -0.05) is 25.2 Å². The Morgan fingerprint density at radius 1 is 1.25 bits per heavy atom. The summed E-state index contributed by atoms with van der Waals surface area (Å²) in [4.78, 5) is 35.1. The van der Waals surface area contributed by atoms with E-state index in [4.69, 9.17) is 0 Å². The van der Waals surface area contributed by atoms with Gasteiger partial charge >= 0.3 is 5.82 Å². The largest absolute Gasteiger partial charge is 0.373 e. The number of carbonyl (C=O) groups is 1. The van der Waals surface area contributed by atoms with Gasteiger partial charge in [-0.25, -0.2) is 0 Å². The van der Waals surface area contributed by atoms with Crippen molar-refractivity contribution in [1.82, 2.24) is 19.2 Å². The fourth-order valence-corrected chi connectivity index (χ4v) is 5.12. The summed E-state index contributed by atoms with van der Waals surface area (Å²) in [5.74, 6) is 1.76. The lowest BCUT2D eigenvalue weighted by Crippen LogP contribution is -2.52. The van der Waals surface area contributed by atoms with Crippen molar-refractivity contribution in [2.24, 2.45) is 11.8 Å². The van der Waals surface area contributed by atoms with Gasteiger partial charge in [0.1, 0.15) is 6.20 Å². The number of likely N-dealkylation sites (tertiary alicyclic amines) is 1. The molecule has 2 aliphatic heterocycles. The van der Waals surface area contributed by atoms with Gasteiger partial charge in [-0.05, 0) is 23.2 Å². The van der Waals surface area contributed by atoms with E-state index in [1.54, 1.807) is 11.6 Å². The molecular weight excluding hydrogens is 380 g/mol. The Balaban J connectivity index is 1.37. The van der Waals surface area contributed by atoms with Gasteiger partial charge in [0.05, 0.1) is 6.54 Å². The maximum absolute atomic E-state index is 12.7. The van der Waals surface area contributed by atoms with Crippen molar-refractivity contribution < 1.29 is 9.72 Å². The van der Waals surface area contributed by atoms with E-state index in [9.17, 15) is 14.9 Å². The van der Waals surface area contributed by atoms with Gasteiger partial charge in [0.15, 0.2) is 0 Å². The average Bonchev–Trinajstić information content (AvgIpc) is 3.22. The molecule has 2 aromatic heterocycles. The number of nitrogens with zero attached hydrogens (tertiary/aromatic N) is 6. The van der Waals surface area contributed by atoms with Crippen LogP contribution in [0.1, 0.15) is 20.3 Å². The van der Waals surface area contributed by atoms with Crippen LogP contribution in [0.2, 0.25) is 0 Å². The predicted molar refractivity (Wildman–Crippen MR) is 108 cm³/mol. The Kier molecular flexibility index (Phi) is 5.24. The molecule has 2 aliphatic rings. The maximum atomic E-state index is 12.7. The van der Waals surface area contributed by atoms with Crippen molar-refractivity contribution in [3.8, 4) is 0 Å². The lowest BCUT2D eigenvalue weighted by Gasteiger charge is -2.38. The first kappa shape index (κ1) is 19.1. The minimum Gasteiger partial charge on any atom is -0.358 e. The average molecular weight is 407 g/mol. The molecule has 2 fully saturated rings. The summed E-state index contributed by atoms with van der Waals surface area (Å²) in [6, 6.07) is 0. The van der Waals surface area contributed by atoms with Gasteiger partial charge in [-0.15, -0.1) is 0 Å². The molecule has 0 aromatic carbocycles. The highest BCUT2D eigenvalue weighted by Gasteiger charge is 2.31. The number of thiazole rings is 1. The van der Waals surface area contributed by atoms with Crippen molar-refractivity contribution in [3.63, 3.8) is 0 Å². The lowest BCUT2D eigenvalue weighted by molar-refractivity contribution is -0.389. The summed E-state index contributed by atoms with van der Waals surface area (Å²) < 4.78 is 1.54. The number of piperidine rings is 1. The molecule has 0 N–H and O–H groups in total. The smallest absolute Gasteiger partial charge is 0.358 e. The number of amides is 1. The van der Waals surface area contributed by atoms with E-state index >= 15 is 0 Å². The summed E-state index contributed by atoms with van der Waals surface area (Å²) in [5.41, 5.74) is 0. The number of imidazole rings is 1. The molecule has 152 valence electrons. The van der Waals surface area contributed by atoms with Crippen LogP contribution in [0.25, 0.3) is 4.96 Å². The van der Waals surface area contributed by atoms with Crippen molar-refractivity contribution in [3.05, 3.63) is 21.7 Å². The van der Waals surface area contributed by atoms with Crippen LogP contribution in [0.4, 0.5) is 11.6 Å². The fourth-order valence-electron chi connectivity index (χ4n) is 4.42. The zero-order chi connectivity index (χ0) is 19.8. The molecular formula is C18H26N6O3S. The molecule has 0 spiro atoms. The van der Waals surface area contributed by atoms with Crippen LogP contribution < -0.4 is 4.90 Å². The number of rotatable bonds is 4. The monoisotopic (exact) mass is 406 g/mol. The molecule has 0 radical (unpaired) electrons. The van der Waals surface area contributed by atoms with Crippen LogP contribution in [0.15, 0.2) is 11.6 Å². The highest BCUT2D eigenvalue weighted by molar-refractivity contribution is 7.15. The molecule has 0 aliphatic carbocycles. The number of aromatic nitrogens is 2. The molecule has 9 nitrogen and oxygen atoms in total. The van der Waals surface area contributed by atoms with E-state index in [2.05, 4.69) is 23.7 Å². The van der Waals surface area contributed by atoms with Gasteiger partial charge in [0.2, 0.25) is 11.7 Å². The van der Waals surface area contributed by atoms with Crippen molar-refractivity contribution in [2.75, 3.05) is 50.7 Å². The molecule has 0 bridgehead atoms. The number of hydrogen-bond donors (Lipinski definition) is 0. The summed E-state index contributed by atoms with van der Waals surface area (Å²) in [6.45, 7) is 9.20. The molecule has 28 heavy (non-hydrogen) atoms. The van der Waals surface area contributed by atoms with E-state index in [1.165, 1.54) is 22.2 Å². The number of carbonyl (C=O) groups excluding carboxylic acids is 1. The van der Waals surface area contributed by atoms with Crippen molar-refractivity contribution in [1.29, 1.82) is 0 Å². The van der Waals surface area contributed by atoms with Crippen LogP contribution in [0, 0.1) is 22.0 Å². The third-order valence-corrected chi connectivity index (χ3v) is 6.40. The van der Waals surface area contributed by atoms with Crippen LogP contribution >= 0.6 is 11.3 Å². The number of anilines is 1. The molecule has 10 heteroatoms. The molecule has 4 rings (SSSR count). The molecule has 0 saturated carbocycles. The highest BCUT2D eigenvalue weighted by Crippen LogP contribution is 2.31. The van der Waals surface area contributed by atoms with Gasteiger partial charge in [-0.2, -0.15) is 9.38 Å². The molecule has 1 amide bonds. The minimum absolute atomic E-state index is 0.0251. The number of hydrogen-bond acceptors (Lipinski definition) is 7. The van der Waals surface area contributed by atoms with Crippen molar-refractivity contribution in [2.45, 2.75) is 20.3 Å². The quantitative estimate of drug-likeness (QED) is 0.570. The second kappa shape index (κ2) is 7.67. The maximum Gasteiger partial charge on any atom is 0.373 e. The molecule has 2 unspecified atom stereocenters. The number of piperazine rings is 1. The van der Waals surface area contributed by atoms with Crippen LogP contribution in [-0.2, 0) is 4.79 Å².